The van der Waals surface area contributed by atoms with Crippen LogP contribution in [0.2, 0.25) is 0 Å². The van der Waals surface area contributed by atoms with Crippen molar-refractivity contribution in [2.45, 2.75) is 11.4 Å². The van der Waals surface area contributed by atoms with Crippen LogP contribution in [0.15, 0.2) is 52.7 Å². The number of oxime groups is 1. The third kappa shape index (κ3) is 4.56. The molecular formula is C23H19N5O7S2. The van der Waals surface area contributed by atoms with Gasteiger partial charge in [-0.2, -0.15) is 0 Å². The SMILES string of the molecule is CON=C(C(=O)NC1C(=O)N2C(C(=O)OCC=C3OC(=O)c4ccccc43)=CCS[C@@H]12)c1csc(N)n1. The quantitative estimate of drug-likeness (QED) is 0.225. The van der Waals surface area contributed by atoms with Gasteiger partial charge in [0.05, 0.1) is 5.56 Å². The van der Waals surface area contributed by atoms with E-state index < -0.39 is 35.2 Å². The number of anilines is 1. The Bertz CT molecular complexity index is 1400. The Morgan fingerprint density at radius 3 is 2.84 bits per heavy atom. The number of nitrogens with two attached hydrogens (primary N) is 1. The number of aromatic nitrogens is 1. The minimum absolute atomic E-state index is 0.0829. The van der Waals surface area contributed by atoms with Crippen LogP contribution < -0.4 is 11.1 Å². The summed E-state index contributed by atoms with van der Waals surface area (Å²) in [4.78, 5) is 60.5. The number of rotatable bonds is 7. The Kier molecular flexibility index (Phi) is 6.67. The molecule has 0 saturated carbocycles. The third-order valence-electron chi connectivity index (χ3n) is 5.60. The summed E-state index contributed by atoms with van der Waals surface area (Å²) in [6.07, 6.45) is 3.08. The Morgan fingerprint density at radius 1 is 1.32 bits per heavy atom. The maximum absolute atomic E-state index is 12.9. The fourth-order valence-electron chi connectivity index (χ4n) is 3.94. The van der Waals surface area contributed by atoms with Crippen LogP contribution in [0.1, 0.15) is 21.6 Å². The lowest BCUT2D eigenvalue weighted by Crippen LogP contribution is -2.70. The van der Waals surface area contributed by atoms with Gasteiger partial charge in [0.1, 0.15) is 42.3 Å². The molecule has 2 aromatic rings. The van der Waals surface area contributed by atoms with Gasteiger partial charge < -0.3 is 25.4 Å². The monoisotopic (exact) mass is 541 g/mol. The number of amides is 2. The molecule has 14 heteroatoms. The molecule has 1 saturated heterocycles. The first-order chi connectivity index (χ1) is 17.9. The van der Waals surface area contributed by atoms with Gasteiger partial charge in [0.15, 0.2) is 10.8 Å². The summed E-state index contributed by atoms with van der Waals surface area (Å²) in [5, 5.41) is 7.65. The van der Waals surface area contributed by atoms with Gasteiger partial charge in [-0.3, -0.25) is 14.5 Å². The topological polar surface area (TPSA) is 163 Å². The summed E-state index contributed by atoms with van der Waals surface area (Å²) in [5.41, 5.74) is 6.87. The van der Waals surface area contributed by atoms with E-state index in [1.165, 1.54) is 29.8 Å². The number of fused-ring (bicyclic) bond motifs is 2. The van der Waals surface area contributed by atoms with Gasteiger partial charge in [-0.15, -0.1) is 23.1 Å². The van der Waals surface area contributed by atoms with Crippen LogP contribution in [0.3, 0.4) is 0 Å². The number of ether oxygens (including phenoxy) is 2. The van der Waals surface area contributed by atoms with E-state index in [4.69, 9.17) is 20.0 Å². The second-order valence-electron chi connectivity index (χ2n) is 7.77. The zero-order valence-corrected chi connectivity index (χ0v) is 20.8. The van der Waals surface area contributed by atoms with E-state index in [1.807, 2.05) is 0 Å². The van der Waals surface area contributed by atoms with Crippen LogP contribution in [0, 0.1) is 0 Å². The van der Waals surface area contributed by atoms with Crippen LogP contribution in [0.4, 0.5) is 5.13 Å². The summed E-state index contributed by atoms with van der Waals surface area (Å²) in [7, 11) is 1.28. The molecule has 3 aliphatic rings. The number of esters is 2. The number of hydrogen-bond donors (Lipinski definition) is 2. The highest BCUT2D eigenvalue weighted by molar-refractivity contribution is 8.00. The van der Waals surface area contributed by atoms with Gasteiger partial charge in [0.25, 0.3) is 11.8 Å². The maximum Gasteiger partial charge on any atom is 0.355 e. The normalized spacial score (nSPS) is 21.4. The van der Waals surface area contributed by atoms with E-state index in [0.717, 1.165) is 11.3 Å². The average Bonchev–Trinajstić information content (AvgIpc) is 3.47. The molecule has 0 bridgehead atoms. The predicted octanol–water partition coefficient (Wildman–Crippen LogP) is 1.11. The minimum atomic E-state index is -0.886. The van der Waals surface area contributed by atoms with E-state index >= 15 is 0 Å². The van der Waals surface area contributed by atoms with Crippen molar-refractivity contribution in [1.29, 1.82) is 0 Å². The molecule has 0 aliphatic carbocycles. The third-order valence-corrected chi connectivity index (χ3v) is 7.46. The number of nitrogens with one attached hydrogen (secondary N) is 1. The van der Waals surface area contributed by atoms with E-state index in [0.29, 0.717) is 22.6 Å². The molecule has 3 N–H and O–H groups in total. The van der Waals surface area contributed by atoms with Crippen molar-refractivity contribution in [3.8, 4) is 0 Å². The molecule has 3 aliphatic heterocycles. The number of nitrogen functional groups attached to an aromatic ring is 1. The fourth-order valence-corrected chi connectivity index (χ4v) is 5.68. The largest absolute Gasteiger partial charge is 0.457 e. The molecule has 5 rings (SSSR count). The second-order valence-corrected chi connectivity index (χ2v) is 9.81. The van der Waals surface area contributed by atoms with Crippen LogP contribution in [-0.4, -0.2) is 70.2 Å². The summed E-state index contributed by atoms with van der Waals surface area (Å²) >= 11 is 2.51. The predicted molar refractivity (Wildman–Crippen MR) is 134 cm³/mol. The number of carbonyl (C=O) groups is 4. The lowest BCUT2D eigenvalue weighted by molar-refractivity contribution is -0.151. The number of carbonyl (C=O) groups excluding carboxylic acids is 4. The summed E-state index contributed by atoms with van der Waals surface area (Å²) in [6, 6.07) is 6.00. The first-order valence-corrected chi connectivity index (χ1v) is 12.8. The van der Waals surface area contributed by atoms with Crippen molar-refractivity contribution in [2.24, 2.45) is 5.16 Å². The number of cyclic esters (lactones) is 1. The van der Waals surface area contributed by atoms with Gasteiger partial charge in [-0.05, 0) is 18.2 Å². The molecule has 1 fully saturated rings. The van der Waals surface area contributed by atoms with Crippen LogP contribution >= 0.6 is 23.1 Å². The molecule has 2 amide bonds. The van der Waals surface area contributed by atoms with Gasteiger partial charge in [0, 0.05) is 16.7 Å². The molecule has 2 atom stereocenters. The first-order valence-electron chi connectivity index (χ1n) is 10.9. The Labute approximate surface area is 218 Å². The summed E-state index contributed by atoms with van der Waals surface area (Å²) in [6.45, 7) is -0.166. The van der Waals surface area contributed by atoms with Gasteiger partial charge in [-0.1, -0.05) is 23.4 Å². The average molecular weight is 542 g/mol. The van der Waals surface area contributed by atoms with Crippen molar-refractivity contribution in [2.75, 3.05) is 25.2 Å². The number of nitrogens with zero attached hydrogens (tertiary/aromatic N) is 3. The molecule has 1 unspecified atom stereocenters. The molecule has 12 nitrogen and oxygen atoms in total. The standard InChI is InChI=1S/C23H19N5O7S2/c1-33-27-16(13-10-37-23(24)25-13)18(29)26-17-19(30)28-14(7-9-36-20(17)28)22(32)34-8-6-15-11-4-2-3-5-12(11)21(31)35-15/h2-7,10,17,20H,8-9H2,1H3,(H2,24,25)(H,26,29)/t17?,20-/m0/s1. The lowest BCUT2D eigenvalue weighted by atomic mass is 10.0. The summed E-state index contributed by atoms with van der Waals surface area (Å²) in [5.74, 6) is -1.59. The minimum Gasteiger partial charge on any atom is -0.457 e. The molecule has 190 valence electrons. The molecular weight excluding hydrogens is 522 g/mol. The molecule has 1 aromatic carbocycles. The highest BCUT2D eigenvalue weighted by Gasteiger charge is 2.53. The fraction of sp³-hybridized carbons (Fsp3) is 0.217. The van der Waals surface area contributed by atoms with Gasteiger partial charge in [-0.25, -0.2) is 14.6 Å². The van der Waals surface area contributed by atoms with Gasteiger partial charge >= 0.3 is 11.9 Å². The van der Waals surface area contributed by atoms with Crippen LogP contribution in [0.5, 0.6) is 0 Å². The van der Waals surface area contributed by atoms with Crippen LogP contribution in [0.25, 0.3) is 5.76 Å². The van der Waals surface area contributed by atoms with Crippen LogP contribution in [-0.2, 0) is 28.7 Å². The molecule has 4 heterocycles. The molecule has 0 spiro atoms. The molecule has 1 aromatic heterocycles. The van der Waals surface area contributed by atoms with E-state index in [-0.39, 0.29) is 28.8 Å². The number of hydrogen-bond acceptors (Lipinski definition) is 12. The number of thiazole rings is 1. The smallest absolute Gasteiger partial charge is 0.355 e. The Morgan fingerprint density at radius 2 is 2.11 bits per heavy atom. The van der Waals surface area contributed by atoms with Crippen molar-refractivity contribution >= 4 is 63.5 Å². The number of benzene rings is 1. The Balaban J connectivity index is 1.22. The zero-order chi connectivity index (χ0) is 26.1. The second kappa shape index (κ2) is 10.1. The van der Waals surface area contributed by atoms with Crippen molar-refractivity contribution in [3.63, 3.8) is 0 Å². The number of thioether (sulfide) groups is 1. The Hall–Kier alpha value is -4.17. The molecule has 37 heavy (non-hydrogen) atoms. The van der Waals surface area contributed by atoms with E-state index in [1.54, 1.807) is 35.7 Å². The van der Waals surface area contributed by atoms with Crippen molar-refractivity contribution in [3.05, 3.63) is 64.3 Å². The zero-order valence-electron chi connectivity index (χ0n) is 19.2. The van der Waals surface area contributed by atoms with Crippen molar-refractivity contribution in [1.82, 2.24) is 15.2 Å². The van der Waals surface area contributed by atoms with E-state index in [9.17, 15) is 19.2 Å². The van der Waals surface area contributed by atoms with Gasteiger partial charge in [0.2, 0.25) is 0 Å². The van der Waals surface area contributed by atoms with Crippen molar-refractivity contribution < 1.29 is 33.5 Å². The maximum atomic E-state index is 12.9. The molecule has 0 radical (unpaired) electrons. The highest BCUT2D eigenvalue weighted by Crippen LogP contribution is 2.38. The first kappa shape index (κ1) is 24.5. The van der Waals surface area contributed by atoms with E-state index in [2.05, 4.69) is 15.5 Å². The lowest BCUT2D eigenvalue weighted by Gasteiger charge is -2.48. The number of β-lactam (4-membered cyclic amide) rings is 1. The highest BCUT2D eigenvalue weighted by atomic mass is 32.2. The summed E-state index contributed by atoms with van der Waals surface area (Å²) < 4.78 is 10.5.